The van der Waals surface area contributed by atoms with Crippen LogP contribution >= 0.6 is 7.82 Å². The minimum atomic E-state index is -4.41. The topological polar surface area (TPSA) is 134 Å². The van der Waals surface area contributed by atoms with Crippen molar-refractivity contribution in [2.45, 2.75) is 187 Å². The number of carbonyl (C=O) groups is 2. The van der Waals surface area contributed by atoms with Crippen LogP contribution < -0.4 is 5.73 Å². The lowest BCUT2D eigenvalue weighted by Crippen LogP contribution is -2.29. The Morgan fingerprint density at radius 3 is 1.08 bits per heavy atom. The fraction of sp³-hybridized carbons (Fsp3) is 0.541. The highest BCUT2D eigenvalue weighted by Gasteiger charge is 2.26. The Hall–Kier alpha value is -4.37. The number of hydrogen-bond donors (Lipinski definition) is 2. The minimum Gasteiger partial charge on any atom is -0.462 e. The maximum Gasteiger partial charge on any atom is 0.472 e. The predicted molar refractivity (Wildman–Crippen MR) is 302 cm³/mol. The first-order valence-electron chi connectivity index (χ1n) is 27.0. The third-order valence-electron chi connectivity index (χ3n) is 10.4. The Morgan fingerprint density at radius 1 is 0.423 bits per heavy atom. The molecule has 0 aliphatic carbocycles. The second-order valence-electron chi connectivity index (χ2n) is 17.0. The summed E-state index contributed by atoms with van der Waals surface area (Å²) in [5, 5.41) is 0. The summed E-state index contributed by atoms with van der Waals surface area (Å²) in [5.41, 5.74) is 5.37. The molecule has 0 aliphatic rings. The van der Waals surface area contributed by atoms with Crippen molar-refractivity contribution in [1.29, 1.82) is 0 Å². The Balaban J connectivity index is 4.15. The number of unbranched alkanes of at least 4 members (excludes halogenated alkanes) is 9. The molecule has 0 heterocycles. The maximum absolute atomic E-state index is 12.7. The normalized spacial score (nSPS) is 14.4. The Morgan fingerprint density at radius 2 is 0.732 bits per heavy atom. The summed E-state index contributed by atoms with van der Waals surface area (Å²) in [4.78, 5) is 35.1. The van der Waals surface area contributed by atoms with Gasteiger partial charge in [0.2, 0.25) is 0 Å². The van der Waals surface area contributed by atoms with E-state index in [-0.39, 0.29) is 32.6 Å². The van der Waals surface area contributed by atoms with E-state index in [1.165, 1.54) is 0 Å². The number of phosphoric ester groups is 1. The van der Waals surface area contributed by atoms with Crippen LogP contribution in [-0.2, 0) is 32.7 Å². The van der Waals surface area contributed by atoms with Crippen LogP contribution in [0.5, 0.6) is 0 Å². The smallest absolute Gasteiger partial charge is 0.462 e. The zero-order valence-electron chi connectivity index (χ0n) is 44.1. The van der Waals surface area contributed by atoms with Crippen molar-refractivity contribution in [1.82, 2.24) is 0 Å². The van der Waals surface area contributed by atoms with E-state index in [2.05, 4.69) is 172 Å². The van der Waals surface area contributed by atoms with Gasteiger partial charge in [0.05, 0.1) is 13.2 Å². The molecule has 3 N–H and O–H groups in total. The van der Waals surface area contributed by atoms with E-state index in [0.717, 1.165) is 141 Å². The number of ether oxygens (including phenoxy) is 2. The van der Waals surface area contributed by atoms with Gasteiger partial charge in [-0.25, -0.2) is 4.57 Å². The average Bonchev–Trinajstić information content (AvgIpc) is 3.36. The van der Waals surface area contributed by atoms with Gasteiger partial charge < -0.3 is 20.1 Å². The number of carbonyl (C=O) groups excluding carboxylic acids is 2. The Bertz CT molecular complexity index is 1710. The molecule has 71 heavy (non-hydrogen) atoms. The van der Waals surface area contributed by atoms with Crippen LogP contribution in [0, 0.1) is 0 Å². The molecule has 0 saturated heterocycles. The third kappa shape index (κ3) is 54.8. The summed E-state index contributed by atoms with van der Waals surface area (Å²) in [5.74, 6) is -0.894. The van der Waals surface area contributed by atoms with Crippen molar-refractivity contribution in [3.8, 4) is 0 Å². The second kappa shape index (κ2) is 55.0. The summed E-state index contributed by atoms with van der Waals surface area (Å²) in [6, 6.07) is 0. The van der Waals surface area contributed by atoms with Gasteiger partial charge in [0, 0.05) is 19.4 Å². The Kier molecular flexibility index (Phi) is 51.6. The highest BCUT2D eigenvalue weighted by Crippen LogP contribution is 2.43. The summed E-state index contributed by atoms with van der Waals surface area (Å²) in [6.07, 6.45) is 80.0. The van der Waals surface area contributed by atoms with Gasteiger partial charge in [-0.2, -0.15) is 0 Å². The molecule has 0 aromatic rings. The molecular formula is C61H96NO8P. The summed E-state index contributed by atoms with van der Waals surface area (Å²) >= 11 is 0. The Labute approximate surface area is 432 Å². The number of rotatable bonds is 48. The maximum atomic E-state index is 12.7. The zero-order valence-corrected chi connectivity index (χ0v) is 45.0. The van der Waals surface area contributed by atoms with Gasteiger partial charge in [0.15, 0.2) is 6.10 Å². The molecule has 0 saturated carbocycles. The lowest BCUT2D eigenvalue weighted by Gasteiger charge is -2.19. The molecular weight excluding hydrogens is 906 g/mol. The highest BCUT2D eigenvalue weighted by molar-refractivity contribution is 7.47. The lowest BCUT2D eigenvalue weighted by molar-refractivity contribution is -0.161. The monoisotopic (exact) mass is 1000 g/mol. The van der Waals surface area contributed by atoms with Crippen LogP contribution in [-0.4, -0.2) is 49.3 Å². The van der Waals surface area contributed by atoms with Gasteiger partial charge in [-0.1, -0.05) is 204 Å². The molecule has 0 bridgehead atoms. The fourth-order valence-electron chi connectivity index (χ4n) is 6.50. The quantitative estimate of drug-likeness (QED) is 0.0264. The van der Waals surface area contributed by atoms with Crippen LogP contribution in [0.4, 0.5) is 0 Å². The summed E-state index contributed by atoms with van der Waals surface area (Å²) in [6.45, 7) is 3.42. The second-order valence-corrected chi connectivity index (χ2v) is 18.4. The molecule has 0 fully saturated rings. The molecule has 10 heteroatoms. The standard InChI is InChI=1S/C61H96NO8P/c1-3-5-7-9-11-13-15-17-19-21-22-23-24-25-26-27-28-29-30-31-32-33-34-35-36-38-40-42-44-46-48-50-52-54-61(64)70-59(58-69-71(65,66)68-56-55-62)57-67-60(63)53-51-49-47-45-43-41-39-37-20-18-16-14-12-10-8-6-4-2/h5-8,11-14,17-20,22-23,25-26,28-29,31-32,34-35,38-41,59H,3-4,9-10,15-16,21,24,27,30,33,36-37,42-58,62H2,1-2H3,(H,65,66)/b7-5-,8-6-,13-11-,14-12-,19-17-,20-18-,23-22-,26-25-,29-28-,32-31-,35-34-,40-38-,41-39-. The number of phosphoric acid groups is 1. The SMILES string of the molecule is CC/C=C\C/C=C\C/C=C\C/C=C\C/C=C\C/C=C\C/C=C\C/C=C\C/C=C\CCCCCCCC(=O)OC(COC(=O)CCCCCC/C=C\C/C=C\C/C=C\C/C=C\CC)COP(=O)(O)OCCN. The molecule has 0 aromatic carbocycles. The molecule has 0 aliphatic heterocycles. The van der Waals surface area contributed by atoms with Crippen LogP contribution in [0.3, 0.4) is 0 Å². The van der Waals surface area contributed by atoms with Gasteiger partial charge in [0.1, 0.15) is 6.61 Å². The van der Waals surface area contributed by atoms with Gasteiger partial charge >= 0.3 is 19.8 Å². The van der Waals surface area contributed by atoms with Gasteiger partial charge in [-0.3, -0.25) is 18.6 Å². The minimum absolute atomic E-state index is 0.0367. The number of allylic oxidation sites excluding steroid dienone is 26. The zero-order chi connectivity index (χ0) is 51.7. The number of hydrogen-bond acceptors (Lipinski definition) is 8. The first-order valence-corrected chi connectivity index (χ1v) is 28.5. The van der Waals surface area contributed by atoms with Crippen molar-refractivity contribution in [2.75, 3.05) is 26.4 Å². The average molecular weight is 1000 g/mol. The van der Waals surface area contributed by atoms with Crippen molar-refractivity contribution < 1.29 is 37.6 Å². The van der Waals surface area contributed by atoms with E-state index >= 15 is 0 Å². The van der Waals surface area contributed by atoms with E-state index in [0.29, 0.717) is 12.8 Å². The lowest BCUT2D eigenvalue weighted by atomic mass is 10.1. The van der Waals surface area contributed by atoms with Crippen LogP contribution in [0.25, 0.3) is 0 Å². The molecule has 9 nitrogen and oxygen atoms in total. The van der Waals surface area contributed by atoms with Crippen molar-refractivity contribution in [2.24, 2.45) is 5.73 Å². The summed E-state index contributed by atoms with van der Waals surface area (Å²) in [7, 11) is -4.41. The van der Waals surface area contributed by atoms with Gasteiger partial charge in [-0.05, 0) is 122 Å². The summed E-state index contributed by atoms with van der Waals surface area (Å²) < 4.78 is 32.9. The van der Waals surface area contributed by atoms with Crippen LogP contribution in [0.15, 0.2) is 158 Å². The van der Waals surface area contributed by atoms with Crippen LogP contribution in [0.1, 0.15) is 181 Å². The van der Waals surface area contributed by atoms with E-state index in [1.807, 2.05) is 0 Å². The van der Waals surface area contributed by atoms with E-state index in [1.54, 1.807) is 0 Å². The van der Waals surface area contributed by atoms with E-state index in [4.69, 9.17) is 24.3 Å². The predicted octanol–water partition coefficient (Wildman–Crippen LogP) is 16.9. The van der Waals surface area contributed by atoms with Gasteiger partial charge in [-0.15, -0.1) is 0 Å². The molecule has 398 valence electrons. The van der Waals surface area contributed by atoms with Gasteiger partial charge in [0.25, 0.3) is 0 Å². The van der Waals surface area contributed by atoms with E-state index in [9.17, 15) is 19.0 Å². The molecule has 2 unspecified atom stereocenters. The molecule has 2 atom stereocenters. The van der Waals surface area contributed by atoms with Crippen LogP contribution in [0.2, 0.25) is 0 Å². The molecule has 0 spiro atoms. The fourth-order valence-corrected chi connectivity index (χ4v) is 7.26. The number of esters is 2. The first-order chi connectivity index (χ1) is 34.8. The molecule has 0 rings (SSSR count). The molecule has 0 amide bonds. The molecule has 0 radical (unpaired) electrons. The van der Waals surface area contributed by atoms with Crippen molar-refractivity contribution in [3.05, 3.63) is 158 Å². The van der Waals surface area contributed by atoms with Crippen molar-refractivity contribution >= 4 is 19.8 Å². The first kappa shape index (κ1) is 66.6. The largest absolute Gasteiger partial charge is 0.472 e. The highest BCUT2D eigenvalue weighted by atomic mass is 31.2. The third-order valence-corrected chi connectivity index (χ3v) is 11.4. The number of nitrogens with two attached hydrogens (primary N) is 1. The van der Waals surface area contributed by atoms with Crippen molar-refractivity contribution in [3.63, 3.8) is 0 Å². The van der Waals surface area contributed by atoms with E-state index < -0.39 is 32.5 Å². The molecule has 0 aromatic heterocycles.